The average molecular weight is 543 g/mol. The van der Waals surface area contributed by atoms with E-state index >= 15 is 0 Å². The van der Waals surface area contributed by atoms with Gasteiger partial charge in [-0.25, -0.2) is 9.88 Å². The third kappa shape index (κ3) is 4.87. The largest absolute Gasteiger partial charge is 0.392 e. The Kier molecular flexibility index (Phi) is 7.01. The van der Waals surface area contributed by atoms with Crippen LogP contribution in [0.4, 0.5) is 5.69 Å². The average Bonchev–Trinajstić information content (AvgIpc) is 3.59. The molecule has 0 bridgehead atoms. The summed E-state index contributed by atoms with van der Waals surface area (Å²) in [7, 11) is 0. The molecule has 1 saturated heterocycles. The van der Waals surface area contributed by atoms with Crippen LogP contribution in [0.1, 0.15) is 56.7 Å². The molecule has 39 heavy (non-hydrogen) atoms. The number of benzene rings is 3. The molecule has 2 amide bonds. The molecular weight excluding hydrogens is 516 g/mol. The minimum atomic E-state index is -0.666. The minimum absolute atomic E-state index is 0.0225. The maximum atomic E-state index is 12.9. The van der Waals surface area contributed by atoms with Gasteiger partial charge in [0.1, 0.15) is 6.33 Å². The first-order valence-corrected chi connectivity index (χ1v) is 13.6. The van der Waals surface area contributed by atoms with Crippen molar-refractivity contribution in [3.05, 3.63) is 107 Å². The highest BCUT2D eigenvalue weighted by Crippen LogP contribution is 2.43. The van der Waals surface area contributed by atoms with E-state index in [4.69, 9.17) is 9.47 Å². The Bertz CT molecular complexity index is 1440. The summed E-state index contributed by atoms with van der Waals surface area (Å²) in [6.45, 7) is 2.07. The van der Waals surface area contributed by atoms with Crippen LogP contribution in [0.3, 0.4) is 0 Å². The van der Waals surface area contributed by atoms with Crippen molar-refractivity contribution in [3.8, 4) is 0 Å². The lowest BCUT2D eigenvalue weighted by Crippen LogP contribution is -2.38. The van der Waals surface area contributed by atoms with Crippen LogP contribution in [0.5, 0.6) is 0 Å². The Labute approximate surface area is 229 Å². The SMILES string of the molecule is CC1C(CSc2ncn[nH]2)OC(c2ccc(N3C(=O)c4ccccc4C3=O)cc2)OC1c1ccc(CO)cc1. The number of nitrogens with zero attached hydrogens (tertiary/aromatic N) is 3. The molecule has 0 aliphatic carbocycles. The van der Waals surface area contributed by atoms with Gasteiger partial charge in [0.2, 0.25) is 0 Å². The molecule has 6 rings (SSSR count). The van der Waals surface area contributed by atoms with Gasteiger partial charge in [0.25, 0.3) is 11.8 Å². The maximum absolute atomic E-state index is 12.9. The Morgan fingerprint density at radius 2 is 1.59 bits per heavy atom. The van der Waals surface area contributed by atoms with Crippen LogP contribution in [-0.4, -0.2) is 44.0 Å². The number of ether oxygens (including phenoxy) is 2. The molecule has 0 radical (unpaired) electrons. The number of hydrogen-bond acceptors (Lipinski definition) is 8. The van der Waals surface area contributed by atoms with E-state index in [2.05, 4.69) is 22.1 Å². The second kappa shape index (κ2) is 10.7. The number of anilines is 1. The molecule has 3 heterocycles. The van der Waals surface area contributed by atoms with Gasteiger partial charge in [0.15, 0.2) is 11.4 Å². The van der Waals surface area contributed by atoms with Gasteiger partial charge in [-0.3, -0.25) is 14.7 Å². The van der Waals surface area contributed by atoms with Crippen molar-refractivity contribution < 1.29 is 24.2 Å². The van der Waals surface area contributed by atoms with E-state index in [0.717, 1.165) is 16.7 Å². The van der Waals surface area contributed by atoms with Crippen molar-refractivity contribution in [2.75, 3.05) is 10.7 Å². The molecule has 3 aromatic carbocycles. The first-order chi connectivity index (χ1) is 19.0. The fraction of sp³-hybridized carbons (Fsp3) is 0.241. The molecule has 9 nitrogen and oxygen atoms in total. The monoisotopic (exact) mass is 542 g/mol. The van der Waals surface area contributed by atoms with Crippen LogP contribution in [-0.2, 0) is 16.1 Å². The Morgan fingerprint density at radius 3 is 2.21 bits per heavy atom. The van der Waals surface area contributed by atoms with Crippen molar-refractivity contribution in [2.45, 2.75) is 37.2 Å². The van der Waals surface area contributed by atoms with Crippen LogP contribution >= 0.6 is 11.8 Å². The van der Waals surface area contributed by atoms with Crippen LogP contribution in [0, 0.1) is 5.92 Å². The second-order valence-electron chi connectivity index (χ2n) is 9.51. The van der Waals surface area contributed by atoms with E-state index in [1.54, 1.807) is 36.4 Å². The van der Waals surface area contributed by atoms with Crippen LogP contribution in [0.15, 0.2) is 84.3 Å². The molecule has 10 heteroatoms. The molecule has 4 aromatic rings. The van der Waals surface area contributed by atoms with Crippen molar-refractivity contribution >= 4 is 29.3 Å². The fourth-order valence-electron chi connectivity index (χ4n) is 4.94. The molecule has 2 N–H and O–H groups in total. The van der Waals surface area contributed by atoms with Crippen LogP contribution in [0.2, 0.25) is 0 Å². The first kappa shape index (κ1) is 25.4. The quantitative estimate of drug-likeness (QED) is 0.255. The van der Waals surface area contributed by atoms with Crippen molar-refractivity contribution in [2.24, 2.45) is 5.92 Å². The summed E-state index contributed by atoms with van der Waals surface area (Å²) in [6.07, 6.45) is 0.381. The number of aliphatic hydroxyl groups excluding tert-OH is 1. The number of nitrogens with one attached hydrogen (secondary N) is 1. The summed E-state index contributed by atoms with van der Waals surface area (Å²) in [5, 5.41) is 17.0. The molecule has 0 saturated carbocycles. The molecule has 1 aromatic heterocycles. The number of thioether (sulfide) groups is 1. The van der Waals surface area contributed by atoms with E-state index in [9.17, 15) is 14.7 Å². The van der Waals surface area contributed by atoms with E-state index in [0.29, 0.717) is 27.7 Å². The third-order valence-corrected chi connectivity index (χ3v) is 8.08. The number of aliphatic hydroxyl groups is 1. The highest BCUT2D eigenvalue weighted by atomic mass is 32.2. The zero-order valence-corrected chi connectivity index (χ0v) is 21.9. The molecule has 4 unspecified atom stereocenters. The number of carbonyl (C=O) groups excluding carboxylic acids is 2. The van der Waals surface area contributed by atoms with Gasteiger partial charge in [-0.2, -0.15) is 5.10 Å². The number of rotatable bonds is 7. The lowest BCUT2D eigenvalue weighted by Gasteiger charge is -2.41. The van der Waals surface area contributed by atoms with Gasteiger partial charge >= 0.3 is 0 Å². The summed E-state index contributed by atoms with van der Waals surface area (Å²) in [5.74, 6) is -0.0140. The first-order valence-electron chi connectivity index (χ1n) is 12.6. The van der Waals surface area contributed by atoms with Gasteiger partial charge < -0.3 is 14.6 Å². The van der Waals surface area contributed by atoms with E-state index in [-0.39, 0.29) is 36.5 Å². The standard InChI is InChI=1S/C29H26N4O5S/c1-17-24(15-39-29-30-16-31-32-29)37-28(38-25(17)19-8-6-18(14-34)7-9-19)20-10-12-21(13-11-20)33-26(35)22-4-2-3-5-23(22)27(33)36/h2-13,16-17,24-25,28,34H,14-15H2,1H3,(H,30,31,32). The summed E-state index contributed by atoms with van der Waals surface area (Å²) < 4.78 is 12.9. The number of imide groups is 1. The predicted molar refractivity (Wildman–Crippen MR) is 144 cm³/mol. The smallest absolute Gasteiger partial charge is 0.266 e. The van der Waals surface area contributed by atoms with E-state index in [1.807, 2.05) is 36.4 Å². The number of fused-ring (bicyclic) bond motifs is 1. The van der Waals surface area contributed by atoms with Gasteiger partial charge in [0, 0.05) is 17.2 Å². The molecule has 2 aliphatic heterocycles. The van der Waals surface area contributed by atoms with Gasteiger partial charge in [-0.05, 0) is 35.4 Å². The Balaban J connectivity index is 1.25. The summed E-state index contributed by atoms with van der Waals surface area (Å²) in [6, 6.07) is 21.7. The fourth-order valence-corrected chi connectivity index (χ4v) is 5.88. The van der Waals surface area contributed by atoms with E-state index < -0.39 is 6.29 Å². The molecular formula is C29H26N4O5S. The summed E-state index contributed by atoms with van der Waals surface area (Å²) in [4.78, 5) is 31.2. The highest BCUT2D eigenvalue weighted by Gasteiger charge is 2.39. The van der Waals surface area contributed by atoms with Crippen molar-refractivity contribution in [3.63, 3.8) is 0 Å². The molecule has 0 spiro atoms. The lowest BCUT2D eigenvalue weighted by molar-refractivity contribution is -0.268. The highest BCUT2D eigenvalue weighted by molar-refractivity contribution is 7.99. The third-order valence-electron chi connectivity index (χ3n) is 7.12. The lowest BCUT2D eigenvalue weighted by atomic mass is 9.91. The van der Waals surface area contributed by atoms with Crippen LogP contribution < -0.4 is 4.90 Å². The molecule has 198 valence electrons. The molecule has 2 aliphatic rings. The Hall–Kier alpha value is -3.83. The van der Waals surface area contributed by atoms with Crippen molar-refractivity contribution in [1.82, 2.24) is 15.2 Å². The number of H-pyrrole nitrogens is 1. The van der Waals surface area contributed by atoms with Crippen molar-refractivity contribution in [1.29, 1.82) is 0 Å². The normalized spacial score (nSPS) is 22.8. The van der Waals surface area contributed by atoms with Gasteiger partial charge in [0.05, 0.1) is 35.6 Å². The van der Waals surface area contributed by atoms with E-state index in [1.165, 1.54) is 23.0 Å². The Morgan fingerprint density at radius 1 is 0.923 bits per heavy atom. The number of amides is 2. The molecule has 4 atom stereocenters. The van der Waals surface area contributed by atoms with Crippen LogP contribution in [0.25, 0.3) is 0 Å². The minimum Gasteiger partial charge on any atom is -0.392 e. The summed E-state index contributed by atoms with van der Waals surface area (Å²) in [5.41, 5.74) is 3.89. The predicted octanol–water partition coefficient (Wildman–Crippen LogP) is 4.68. The number of carbonyl (C=O) groups is 2. The number of hydrogen-bond donors (Lipinski definition) is 2. The number of aromatic nitrogens is 3. The second-order valence-corrected chi connectivity index (χ2v) is 10.5. The maximum Gasteiger partial charge on any atom is 0.266 e. The topological polar surface area (TPSA) is 118 Å². The van der Waals surface area contributed by atoms with Gasteiger partial charge in [-0.1, -0.05) is 67.2 Å². The zero-order chi connectivity index (χ0) is 26.9. The molecule has 1 fully saturated rings. The van der Waals surface area contributed by atoms with Gasteiger partial charge in [-0.15, -0.1) is 0 Å². The summed E-state index contributed by atoms with van der Waals surface area (Å²) >= 11 is 1.53. The number of aromatic amines is 1. The zero-order valence-electron chi connectivity index (χ0n) is 21.1.